The molecule has 7 rings (SSSR count). The lowest BCUT2D eigenvalue weighted by molar-refractivity contribution is 0.125. The third-order valence-electron chi connectivity index (χ3n) is 15.0. The minimum Gasteiger partial charge on any atom is -0.310 e. The van der Waals surface area contributed by atoms with Gasteiger partial charge in [-0.25, -0.2) is 0 Å². The van der Waals surface area contributed by atoms with Gasteiger partial charge in [0.15, 0.2) is 0 Å². The maximum atomic E-state index is 3.69. The first kappa shape index (κ1) is 36.2. The van der Waals surface area contributed by atoms with E-state index in [1.54, 1.807) is 0 Å². The lowest BCUT2D eigenvalue weighted by Crippen LogP contribution is -2.42. The fourth-order valence-corrected chi connectivity index (χ4v) is 9.75. The first-order valence-corrected chi connectivity index (χ1v) is 20.0. The molecule has 5 aromatic rings. The molecule has 0 radical (unpaired) electrons. The maximum absolute atomic E-state index is 3.69. The lowest BCUT2D eigenvalue weighted by Gasteiger charge is -2.44. The molecule has 0 aliphatic heterocycles. The summed E-state index contributed by atoms with van der Waals surface area (Å²) in [6.45, 7) is 29.2. The standard InChI is InChI=1S/C48H53Br2N/c1-43(2)38-25-14-30(27-40(38)45(5,6)47(43,9)10)31-13-24-37(32-15-26-39-41(28-32)46(7,8)48(11,12)44(39,3)4)42(29-31)51(35-20-16-33(49)17-21-35)36-22-18-34(50)19-23-36/h13-29H,1-12H3. The summed E-state index contributed by atoms with van der Waals surface area (Å²) in [6, 6.07) is 39.0. The summed E-state index contributed by atoms with van der Waals surface area (Å²) in [6.07, 6.45) is 0. The number of hydrogen-bond donors (Lipinski definition) is 0. The zero-order chi connectivity index (χ0) is 37.1. The molecule has 0 spiro atoms. The summed E-state index contributed by atoms with van der Waals surface area (Å²) in [4.78, 5) is 2.42. The monoisotopic (exact) mass is 801 g/mol. The third kappa shape index (κ3) is 5.11. The van der Waals surface area contributed by atoms with Crippen LogP contribution in [-0.2, 0) is 21.7 Å². The molecule has 264 valence electrons. The van der Waals surface area contributed by atoms with E-state index in [4.69, 9.17) is 0 Å². The molecule has 0 saturated carbocycles. The topological polar surface area (TPSA) is 3.24 Å². The SMILES string of the molecule is CC1(C)c2ccc(-c3ccc(-c4ccc5c(c4)C(C)(C)C(C)(C)C5(C)C)c(N(c4ccc(Br)cc4)c4ccc(Br)cc4)c3)cc2C(C)(C)C1(C)C. The minimum absolute atomic E-state index is 0.0117. The normalized spacial score (nSPS) is 19.7. The number of halogens is 2. The number of anilines is 3. The Morgan fingerprint density at radius 1 is 0.373 bits per heavy atom. The summed E-state index contributed by atoms with van der Waals surface area (Å²) >= 11 is 7.38. The second kappa shape index (κ2) is 11.7. The van der Waals surface area contributed by atoms with Gasteiger partial charge >= 0.3 is 0 Å². The van der Waals surface area contributed by atoms with Crippen LogP contribution in [0.25, 0.3) is 22.3 Å². The van der Waals surface area contributed by atoms with Crippen molar-refractivity contribution in [1.29, 1.82) is 0 Å². The summed E-state index contributed by atoms with van der Waals surface area (Å²) in [7, 11) is 0. The van der Waals surface area contributed by atoms with Crippen LogP contribution >= 0.6 is 31.9 Å². The molecule has 1 nitrogen and oxygen atoms in total. The summed E-state index contributed by atoms with van der Waals surface area (Å²) in [5.74, 6) is 0. The van der Waals surface area contributed by atoms with E-state index in [1.807, 2.05) is 0 Å². The third-order valence-corrected chi connectivity index (χ3v) is 16.1. The van der Waals surface area contributed by atoms with Crippen LogP contribution in [0.4, 0.5) is 17.1 Å². The van der Waals surface area contributed by atoms with E-state index in [0.717, 1.165) is 26.0 Å². The molecule has 2 aliphatic carbocycles. The molecule has 0 unspecified atom stereocenters. The Balaban J connectivity index is 1.49. The Morgan fingerprint density at radius 2 is 0.725 bits per heavy atom. The summed E-state index contributed by atoms with van der Waals surface area (Å²) in [5, 5.41) is 0. The van der Waals surface area contributed by atoms with Crippen molar-refractivity contribution < 1.29 is 0 Å². The van der Waals surface area contributed by atoms with Crippen LogP contribution in [0.5, 0.6) is 0 Å². The van der Waals surface area contributed by atoms with Gasteiger partial charge in [0.25, 0.3) is 0 Å². The highest BCUT2D eigenvalue weighted by atomic mass is 79.9. The largest absolute Gasteiger partial charge is 0.310 e. The summed E-state index contributed by atoms with van der Waals surface area (Å²) < 4.78 is 2.13. The van der Waals surface area contributed by atoms with Crippen molar-refractivity contribution >= 4 is 48.9 Å². The number of benzene rings is 5. The zero-order valence-electron chi connectivity index (χ0n) is 32.5. The predicted molar refractivity (Wildman–Crippen MR) is 227 cm³/mol. The number of hydrogen-bond acceptors (Lipinski definition) is 1. The number of rotatable bonds is 5. The summed E-state index contributed by atoms with van der Waals surface area (Å²) in [5.41, 5.74) is 14.6. The van der Waals surface area contributed by atoms with Crippen LogP contribution in [0.3, 0.4) is 0 Å². The molecule has 0 saturated heterocycles. The van der Waals surface area contributed by atoms with Crippen LogP contribution in [0.2, 0.25) is 0 Å². The molecule has 0 fully saturated rings. The van der Waals surface area contributed by atoms with Crippen molar-refractivity contribution in [2.75, 3.05) is 4.90 Å². The van der Waals surface area contributed by atoms with Gasteiger partial charge < -0.3 is 4.90 Å². The fourth-order valence-electron chi connectivity index (χ4n) is 9.22. The molecule has 5 aromatic carbocycles. The Hall–Kier alpha value is -3.14. The van der Waals surface area contributed by atoms with E-state index < -0.39 is 0 Å². The van der Waals surface area contributed by atoms with E-state index >= 15 is 0 Å². The van der Waals surface area contributed by atoms with Gasteiger partial charge in [0, 0.05) is 25.9 Å². The van der Waals surface area contributed by atoms with E-state index in [9.17, 15) is 0 Å². The van der Waals surface area contributed by atoms with Crippen molar-refractivity contribution in [3.8, 4) is 22.3 Å². The first-order valence-electron chi connectivity index (χ1n) is 18.4. The van der Waals surface area contributed by atoms with Crippen molar-refractivity contribution in [3.05, 3.63) is 134 Å². The molecular weight excluding hydrogens is 750 g/mol. The Morgan fingerprint density at radius 3 is 1.18 bits per heavy atom. The maximum Gasteiger partial charge on any atom is 0.0546 e. The van der Waals surface area contributed by atoms with Gasteiger partial charge in [-0.15, -0.1) is 0 Å². The molecule has 0 N–H and O–H groups in total. The van der Waals surface area contributed by atoms with E-state index in [-0.39, 0.29) is 32.5 Å². The highest BCUT2D eigenvalue weighted by Gasteiger charge is 2.57. The molecule has 0 heterocycles. The molecular formula is C48H53Br2N. The Labute approximate surface area is 324 Å². The molecule has 0 bridgehead atoms. The Bertz CT molecular complexity index is 2120. The van der Waals surface area contributed by atoms with E-state index in [0.29, 0.717) is 0 Å². The van der Waals surface area contributed by atoms with Crippen LogP contribution in [-0.4, -0.2) is 0 Å². The zero-order valence-corrected chi connectivity index (χ0v) is 35.7. The van der Waals surface area contributed by atoms with Gasteiger partial charge in [0.2, 0.25) is 0 Å². The average Bonchev–Trinajstić information content (AvgIpc) is 3.26. The molecule has 3 heteroatoms. The molecule has 51 heavy (non-hydrogen) atoms. The van der Waals surface area contributed by atoms with Crippen molar-refractivity contribution in [2.45, 2.75) is 105 Å². The fraction of sp³-hybridized carbons (Fsp3) is 0.375. The van der Waals surface area contributed by atoms with E-state index in [2.05, 4.69) is 223 Å². The van der Waals surface area contributed by atoms with Crippen molar-refractivity contribution in [1.82, 2.24) is 0 Å². The molecule has 0 aromatic heterocycles. The van der Waals surface area contributed by atoms with Crippen LogP contribution in [0.1, 0.15) is 105 Å². The molecule has 0 amide bonds. The highest BCUT2D eigenvalue weighted by Crippen LogP contribution is 2.63. The van der Waals surface area contributed by atoms with Crippen molar-refractivity contribution in [2.24, 2.45) is 10.8 Å². The predicted octanol–water partition coefficient (Wildman–Crippen LogP) is 15.2. The quantitative estimate of drug-likeness (QED) is 0.171. The highest BCUT2D eigenvalue weighted by molar-refractivity contribution is 9.10. The second-order valence-electron chi connectivity index (χ2n) is 18.3. The minimum atomic E-state index is 0.0117. The Kier molecular flexibility index (Phi) is 8.30. The van der Waals surface area contributed by atoms with Gasteiger partial charge in [0.1, 0.15) is 0 Å². The van der Waals surface area contributed by atoms with Gasteiger partial charge in [-0.05, 0) is 126 Å². The van der Waals surface area contributed by atoms with Crippen LogP contribution < -0.4 is 4.90 Å². The van der Waals surface area contributed by atoms with Crippen LogP contribution in [0, 0.1) is 10.8 Å². The molecule has 0 atom stereocenters. The van der Waals surface area contributed by atoms with Gasteiger partial charge in [-0.2, -0.15) is 0 Å². The average molecular weight is 804 g/mol. The second-order valence-corrected chi connectivity index (χ2v) is 20.1. The van der Waals surface area contributed by atoms with Crippen LogP contribution in [0.15, 0.2) is 112 Å². The number of nitrogens with zero attached hydrogens (tertiary/aromatic N) is 1. The van der Waals surface area contributed by atoms with Gasteiger partial charge in [-0.3, -0.25) is 0 Å². The smallest absolute Gasteiger partial charge is 0.0546 e. The van der Waals surface area contributed by atoms with Gasteiger partial charge in [-0.1, -0.05) is 163 Å². The first-order chi connectivity index (χ1) is 23.6. The van der Waals surface area contributed by atoms with Gasteiger partial charge in [0.05, 0.1) is 5.69 Å². The lowest BCUT2D eigenvalue weighted by atomic mass is 9.59. The number of fused-ring (bicyclic) bond motifs is 2. The van der Waals surface area contributed by atoms with E-state index in [1.165, 1.54) is 44.5 Å². The van der Waals surface area contributed by atoms with Crippen molar-refractivity contribution in [3.63, 3.8) is 0 Å². The molecule has 2 aliphatic rings.